The van der Waals surface area contributed by atoms with E-state index in [4.69, 9.17) is 12.2 Å². The van der Waals surface area contributed by atoms with Crippen LogP contribution in [0.3, 0.4) is 0 Å². The number of hydrogen-bond donors (Lipinski definition) is 2. The Hall–Kier alpha value is -1.62. The number of para-hydroxylation sites is 1. The van der Waals surface area contributed by atoms with Crippen molar-refractivity contribution in [3.63, 3.8) is 0 Å². The van der Waals surface area contributed by atoms with Gasteiger partial charge >= 0.3 is 0 Å². The summed E-state index contributed by atoms with van der Waals surface area (Å²) in [7, 11) is 0. The first-order valence-electron chi connectivity index (χ1n) is 10.1. The predicted octanol–water partition coefficient (Wildman–Crippen LogP) is 4.32. The summed E-state index contributed by atoms with van der Waals surface area (Å²) >= 11 is 5.31. The van der Waals surface area contributed by atoms with Gasteiger partial charge in [0.2, 0.25) is 5.91 Å². The van der Waals surface area contributed by atoms with Gasteiger partial charge in [0.15, 0.2) is 5.11 Å². The van der Waals surface area contributed by atoms with Gasteiger partial charge in [-0.3, -0.25) is 4.79 Å². The van der Waals surface area contributed by atoms with E-state index in [1.54, 1.807) is 0 Å². The van der Waals surface area contributed by atoms with Crippen LogP contribution in [0.1, 0.15) is 57.8 Å². The normalized spacial score (nSPS) is 22.4. The largest absolute Gasteiger partial charge is 0.362 e. The van der Waals surface area contributed by atoms with Gasteiger partial charge in [-0.2, -0.15) is 0 Å². The fourth-order valence-electron chi connectivity index (χ4n) is 4.38. The number of nitrogens with zero attached hydrogens (tertiary/aromatic N) is 1. The second-order valence-electron chi connectivity index (χ2n) is 7.55. The lowest BCUT2D eigenvalue weighted by molar-refractivity contribution is -0.137. The quantitative estimate of drug-likeness (QED) is 0.576. The minimum absolute atomic E-state index is 0.367. The van der Waals surface area contributed by atoms with Crippen LogP contribution >= 0.6 is 12.2 Å². The van der Waals surface area contributed by atoms with Gasteiger partial charge in [0.25, 0.3) is 0 Å². The monoisotopic (exact) mass is 373 g/mol. The number of nitrogens with one attached hydrogen (secondary N) is 2. The summed E-state index contributed by atoms with van der Waals surface area (Å²) in [5.74, 6) is 1.14. The third-order valence-corrected chi connectivity index (χ3v) is 5.94. The van der Waals surface area contributed by atoms with Gasteiger partial charge in [-0.05, 0) is 68.8 Å². The van der Waals surface area contributed by atoms with E-state index < -0.39 is 0 Å². The van der Waals surface area contributed by atoms with Gasteiger partial charge in [-0.15, -0.1) is 0 Å². The topological polar surface area (TPSA) is 44.4 Å². The summed E-state index contributed by atoms with van der Waals surface area (Å²) < 4.78 is 0. The van der Waals surface area contributed by atoms with Crippen molar-refractivity contribution < 1.29 is 4.79 Å². The van der Waals surface area contributed by atoms with E-state index in [1.165, 1.54) is 38.5 Å². The van der Waals surface area contributed by atoms with Crippen molar-refractivity contribution in [1.29, 1.82) is 0 Å². The number of carbonyl (C=O) groups is 1. The first-order chi connectivity index (χ1) is 12.7. The number of amides is 1. The smallest absolute Gasteiger partial charge is 0.222 e. The molecule has 5 heteroatoms. The van der Waals surface area contributed by atoms with E-state index in [0.29, 0.717) is 23.5 Å². The van der Waals surface area contributed by atoms with E-state index >= 15 is 0 Å². The standard InChI is InChI=1S/C21H31N3OS/c25-20(24-16-8-10-17-9-4-5-13-19(17)24)14-6-7-15-22-21(26)23-18-11-2-1-3-12-18/h1-3,11-12,17,19H,4-10,13-16H2,(H2,22,23,26). The Morgan fingerprint density at radius 2 is 1.85 bits per heavy atom. The van der Waals surface area contributed by atoms with Gasteiger partial charge in [-0.25, -0.2) is 0 Å². The van der Waals surface area contributed by atoms with Crippen molar-refractivity contribution in [1.82, 2.24) is 10.2 Å². The molecule has 1 heterocycles. The highest BCUT2D eigenvalue weighted by atomic mass is 32.1. The van der Waals surface area contributed by atoms with Crippen molar-refractivity contribution in [3.8, 4) is 0 Å². The van der Waals surface area contributed by atoms with Crippen molar-refractivity contribution in [2.45, 2.75) is 63.8 Å². The average Bonchev–Trinajstić information content (AvgIpc) is 2.68. The van der Waals surface area contributed by atoms with E-state index in [0.717, 1.165) is 37.5 Å². The highest BCUT2D eigenvalue weighted by Gasteiger charge is 2.35. The molecule has 2 unspecified atom stereocenters. The van der Waals surface area contributed by atoms with E-state index in [1.807, 2.05) is 30.3 Å². The molecular formula is C21H31N3OS. The van der Waals surface area contributed by atoms with Gasteiger partial charge < -0.3 is 15.5 Å². The molecule has 1 aliphatic heterocycles. The van der Waals surface area contributed by atoms with Crippen molar-refractivity contribution >= 4 is 28.9 Å². The van der Waals surface area contributed by atoms with Crippen LogP contribution in [0, 0.1) is 5.92 Å². The summed E-state index contributed by atoms with van der Waals surface area (Å²) in [6, 6.07) is 10.5. The van der Waals surface area contributed by atoms with Crippen LogP contribution in [-0.4, -0.2) is 35.1 Å². The molecule has 1 saturated heterocycles. The Kier molecular flexibility index (Phi) is 7.30. The summed E-state index contributed by atoms with van der Waals surface area (Å²) in [5, 5.41) is 7.04. The van der Waals surface area contributed by atoms with Crippen LogP contribution < -0.4 is 10.6 Å². The molecule has 2 fully saturated rings. The number of unbranched alkanes of at least 4 members (excludes halogenated alkanes) is 1. The highest BCUT2D eigenvalue weighted by Crippen LogP contribution is 2.35. The van der Waals surface area contributed by atoms with E-state index in [9.17, 15) is 4.79 Å². The zero-order valence-corrected chi connectivity index (χ0v) is 16.4. The molecule has 4 nitrogen and oxygen atoms in total. The third-order valence-electron chi connectivity index (χ3n) is 5.70. The summed E-state index contributed by atoms with van der Waals surface area (Å²) in [6.07, 6.45) is 10.3. The molecule has 1 aromatic rings. The second-order valence-corrected chi connectivity index (χ2v) is 7.95. The molecular weight excluding hydrogens is 342 g/mol. The maximum atomic E-state index is 12.7. The highest BCUT2D eigenvalue weighted by molar-refractivity contribution is 7.80. The number of piperidine rings is 1. The maximum Gasteiger partial charge on any atom is 0.222 e. The first-order valence-corrected chi connectivity index (χ1v) is 10.5. The first kappa shape index (κ1) is 19.2. The lowest BCUT2D eigenvalue weighted by Gasteiger charge is -2.44. The molecule has 0 aromatic heterocycles. The molecule has 2 atom stereocenters. The summed E-state index contributed by atoms with van der Waals surface area (Å²) in [5.41, 5.74) is 0.993. The Morgan fingerprint density at radius 1 is 1.08 bits per heavy atom. The van der Waals surface area contributed by atoms with E-state index in [2.05, 4.69) is 15.5 Å². The Balaban J connectivity index is 1.32. The summed E-state index contributed by atoms with van der Waals surface area (Å²) in [6.45, 7) is 1.78. The van der Waals surface area contributed by atoms with Gasteiger partial charge in [0.05, 0.1) is 0 Å². The Morgan fingerprint density at radius 3 is 2.69 bits per heavy atom. The van der Waals surface area contributed by atoms with Crippen molar-refractivity contribution in [3.05, 3.63) is 30.3 Å². The van der Waals surface area contributed by atoms with Crippen LogP contribution in [0.15, 0.2) is 30.3 Å². The SMILES string of the molecule is O=C(CCCCNC(=S)Nc1ccccc1)N1CCCC2CCCCC21. The molecule has 1 aromatic carbocycles. The zero-order valence-electron chi connectivity index (χ0n) is 15.6. The number of anilines is 1. The minimum atomic E-state index is 0.367. The fraction of sp³-hybridized carbons (Fsp3) is 0.619. The van der Waals surface area contributed by atoms with Gasteiger partial charge in [-0.1, -0.05) is 31.0 Å². The summed E-state index contributed by atoms with van der Waals surface area (Å²) in [4.78, 5) is 14.9. The molecule has 0 bridgehead atoms. The molecule has 142 valence electrons. The average molecular weight is 374 g/mol. The van der Waals surface area contributed by atoms with Gasteiger partial charge in [0.1, 0.15) is 0 Å². The van der Waals surface area contributed by atoms with Crippen LogP contribution in [0.5, 0.6) is 0 Å². The second kappa shape index (κ2) is 9.91. The van der Waals surface area contributed by atoms with Crippen LogP contribution in [0.2, 0.25) is 0 Å². The number of rotatable bonds is 6. The molecule has 0 spiro atoms. The predicted molar refractivity (Wildman–Crippen MR) is 111 cm³/mol. The lowest BCUT2D eigenvalue weighted by atomic mass is 9.78. The number of benzene rings is 1. The lowest BCUT2D eigenvalue weighted by Crippen LogP contribution is -2.49. The van der Waals surface area contributed by atoms with Crippen LogP contribution in [0.25, 0.3) is 0 Å². The zero-order chi connectivity index (χ0) is 18.2. The number of fused-ring (bicyclic) bond motifs is 1. The Labute approximate surface area is 162 Å². The fourth-order valence-corrected chi connectivity index (χ4v) is 4.60. The number of thiocarbonyl (C=S) groups is 1. The molecule has 2 aliphatic rings. The van der Waals surface area contributed by atoms with Gasteiger partial charge in [0, 0.05) is 31.2 Å². The van der Waals surface area contributed by atoms with Crippen molar-refractivity contribution in [2.75, 3.05) is 18.4 Å². The number of hydrogen-bond acceptors (Lipinski definition) is 2. The minimum Gasteiger partial charge on any atom is -0.362 e. The van der Waals surface area contributed by atoms with E-state index in [-0.39, 0.29) is 0 Å². The van der Waals surface area contributed by atoms with Crippen LogP contribution in [-0.2, 0) is 4.79 Å². The third kappa shape index (κ3) is 5.44. The molecule has 2 N–H and O–H groups in total. The molecule has 1 amide bonds. The maximum absolute atomic E-state index is 12.7. The molecule has 3 rings (SSSR count). The van der Waals surface area contributed by atoms with Crippen molar-refractivity contribution in [2.24, 2.45) is 5.92 Å². The molecule has 1 saturated carbocycles. The Bertz CT molecular complexity index is 590. The molecule has 1 aliphatic carbocycles. The van der Waals surface area contributed by atoms with Crippen LogP contribution in [0.4, 0.5) is 5.69 Å². The number of carbonyl (C=O) groups excluding carboxylic acids is 1. The molecule has 0 radical (unpaired) electrons. The number of likely N-dealkylation sites (tertiary alicyclic amines) is 1. The molecule has 26 heavy (non-hydrogen) atoms.